The first kappa shape index (κ1) is 22.8. The summed E-state index contributed by atoms with van der Waals surface area (Å²) >= 11 is 6.08. The summed E-state index contributed by atoms with van der Waals surface area (Å²) in [5.74, 6) is -0.0300. The Balaban J connectivity index is 1.66. The second-order valence-corrected chi connectivity index (χ2v) is 8.87. The van der Waals surface area contributed by atoms with Crippen LogP contribution < -0.4 is 5.32 Å². The molecule has 0 saturated carbocycles. The SMILES string of the molecule is CCN(Cc1ccc(C(=O)NCC2(c3ccc(Cl)cc3)CCOCC2)cc1)C(C)C. The van der Waals surface area contributed by atoms with Gasteiger partial charge in [-0.25, -0.2) is 0 Å². The van der Waals surface area contributed by atoms with Crippen molar-refractivity contribution in [3.05, 3.63) is 70.2 Å². The Morgan fingerprint density at radius 1 is 1.10 bits per heavy atom. The van der Waals surface area contributed by atoms with Gasteiger partial charge in [0.15, 0.2) is 0 Å². The van der Waals surface area contributed by atoms with Gasteiger partial charge in [0, 0.05) is 48.3 Å². The average molecular weight is 429 g/mol. The van der Waals surface area contributed by atoms with Crippen molar-refractivity contribution in [3.63, 3.8) is 0 Å². The number of halogens is 1. The fourth-order valence-corrected chi connectivity index (χ4v) is 4.27. The Bertz CT molecular complexity index is 812. The molecule has 1 amide bonds. The zero-order valence-electron chi connectivity index (χ0n) is 18.3. The van der Waals surface area contributed by atoms with Crippen LogP contribution in [0, 0.1) is 0 Å². The molecule has 0 bridgehead atoms. The van der Waals surface area contributed by atoms with Gasteiger partial charge in [0.05, 0.1) is 0 Å². The molecule has 0 unspecified atom stereocenters. The molecule has 0 atom stereocenters. The molecular weight excluding hydrogens is 396 g/mol. The standard InChI is InChI=1S/C25H33ClN2O2/c1-4-28(19(2)3)17-20-5-7-21(8-6-20)24(29)27-18-25(13-15-30-16-14-25)22-9-11-23(26)12-10-22/h5-12,19H,4,13-18H2,1-3H3,(H,27,29). The summed E-state index contributed by atoms with van der Waals surface area (Å²) in [7, 11) is 0. The predicted molar refractivity (Wildman–Crippen MR) is 123 cm³/mol. The molecular formula is C25H33ClN2O2. The minimum absolute atomic E-state index is 0.0300. The van der Waals surface area contributed by atoms with E-state index in [4.69, 9.17) is 16.3 Å². The maximum Gasteiger partial charge on any atom is 0.251 e. The number of amides is 1. The van der Waals surface area contributed by atoms with Gasteiger partial charge in [0.25, 0.3) is 5.91 Å². The summed E-state index contributed by atoms with van der Waals surface area (Å²) in [4.78, 5) is 15.2. The second kappa shape index (κ2) is 10.4. The number of ether oxygens (including phenoxy) is 1. The van der Waals surface area contributed by atoms with Gasteiger partial charge in [-0.3, -0.25) is 9.69 Å². The number of nitrogens with one attached hydrogen (secondary N) is 1. The first-order valence-electron chi connectivity index (χ1n) is 10.9. The molecule has 1 aliphatic rings. The summed E-state index contributed by atoms with van der Waals surface area (Å²) in [6, 6.07) is 16.5. The lowest BCUT2D eigenvalue weighted by atomic mass is 9.74. The van der Waals surface area contributed by atoms with Crippen molar-refractivity contribution >= 4 is 17.5 Å². The van der Waals surface area contributed by atoms with Crippen LogP contribution in [0.2, 0.25) is 5.02 Å². The third-order valence-electron chi connectivity index (χ3n) is 6.23. The quantitative estimate of drug-likeness (QED) is 0.639. The summed E-state index contributed by atoms with van der Waals surface area (Å²) in [6.07, 6.45) is 1.77. The van der Waals surface area contributed by atoms with E-state index in [1.165, 1.54) is 11.1 Å². The molecule has 1 saturated heterocycles. The normalized spacial score (nSPS) is 16.1. The highest BCUT2D eigenvalue weighted by atomic mass is 35.5. The van der Waals surface area contributed by atoms with Crippen LogP contribution in [0.5, 0.6) is 0 Å². The van der Waals surface area contributed by atoms with Crippen molar-refractivity contribution in [2.24, 2.45) is 0 Å². The number of carbonyl (C=O) groups excluding carboxylic acids is 1. The summed E-state index contributed by atoms with van der Waals surface area (Å²) < 4.78 is 5.59. The highest BCUT2D eigenvalue weighted by Crippen LogP contribution is 2.35. The summed E-state index contributed by atoms with van der Waals surface area (Å²) in [5.41, 5.74) is 3.02. The Morgan fingerprint density at radius 2 is 1.73 bits per heavy atom. The van der Waals surface area contributed by atoms with Gasteiger partial charge in [-0.05, 0) is 68.6 Å². The summed E-state index contributed by atoms with van der Waals surface area (Å²) in [6.45, 7) is 10.5. The topological polar surface area (TPSA) is 41.6 Å². The number of nitrogens with zero attached hydrogens (tertiary/aromatic N) is 1. The molecule has 1 fully saturated rings. The lowest BCUT2D eigenvalue weighted by molar-refractivity contribution is 0.0487. The van der Waals surface area contributed by atoms with E-state index in [9.17, 15) is 4.79 Å². The van der Waals surface area contributed by atoms with E-state index in [1.54, 1.807) is 0 Å². The molecule has 162 valence electrons. The Hall–Kier alpha value is -1.88. The minimum Gasteiger partial charge on any atom is -0.381 e. The third-order valence-corrected chi connectivity index (χ3v) is 6.48. The van der Waals surface area contributed by atoms with Gasteiger partial charge in [-0.2, -0.15) is 0 Å². The van der Waals surface area contributed by atoms with Gasteiger partial charge < -0.3 is 10.1 Å². The Morgan fingerprint density at radius 3 is 2.30 bits per heavy atom. The monoisotopic (exact) mass is 428 g/mol. The van der Waals surface area contributed by atoms with E-state index in [2.05, 4.69) is 55.3 Å². The molecule has 30 heavy (non-hydrogen) atoms. The fourth-order valence-electron chi connectivity index (χ4n) is 4.14. The van der Waals surface area contributed by atoms with Crippen LogP contribution in [0.3, 0.4) is 0 Å². The number of hydrogen-bond acceptors (Lipinski definition) is 3. The van der Waals surface area contributed by atoms with Gasteiger partial charge >= 0.3 is 0 Å². The van der Waals surface area contributed by atoms with Crippen molar-refractivity contribution in [1.29, 1.82) is 0 Å². The van der Waals surface area contributed by atoms with Crippen LogP contribution in [0.25, 0.3) is 0 Å². The van der Waals surface area contributed by atoms with E-state index in [0.717, 1.165) is 31.0 Å². The first-order valence-corrected chi connectivity index (χ1v) is 11.3. The lowest BCUT2D eigenvalue weighted by Gasteiger charge is -2.38. The Kier molecular flexibility index (Phi) is 7.93. The average Bonchev–Trinajstić information content (AvgIpc) is 2.77. The largest absolute Gasteiger partial charge is 0.381 e. The van der Waals surface area contributed by atoms with Gasteiger partial charge in [-0.15, -0.1) is 0 Å². The van der Waals surface area contributed by atoms with Crippen molar-refractivity contribution in [3.8, 4) is 0 Å². The van der Waals surface area contributed by atoms with Crippen LogP contribution >= 0.6 is 11.6 Å². The van der Waals surface area contributed by atoms with Crippen LogP contribution in [0.4, 0.5) is 0 Å². The summed E-state index contributed by atoms with van der Waals surface area (Å²) in [5, 5.41) is 3.90. The number of benzene rings is 2. The molecule has 4 nitrogen and oxygen atoms in total. The molecule has 2 aromatic rings. The molecule has 0 aromatic heterocycles. The number of hydrogen-bond donors (Lipinski definition) is 1. The lowest BCUT2D eigenvalue weighted by Crippen LogP contribution is -2.44. The van der Waals surface area contributed by atoms with Crippen LogP contribution in [0.1, 0.15) is 55.1 Å². The van der Waals surface area contributed by atoms with Crippen LogP contribution in [-0.2, 0) is 16.7 Å². The maximum absolute atomic E-state index is 12.8. The molecule has 3 rings (SSSR count). The highest BCUT2D eigenvalue weighted by Gasteiger charge is 2.34. The Labute approximate surface area is 185 Å². The molecule has 1 N–H and O–H groups in total. The number of carbonyl (C=O) groups is 1. The molecule has 1 aliphatic heterocycles. The van der Waals surface area contributed by atoms with E-state index in [1.807, 2.05) is 24.3 Å². The smallest absolute Gasteiger partial charge is 0.251 e. The highest BCUT2D eigenvalue weighted by molar-refractivity contribution is 6.30. The van der Waals surface area contributed by atoms with E-state index >= 15 is 0 Å². The van der Waals surface area contributed by atoms with Crippen molar-refractivity contribution in [1.82, 2.24) is 10.2 Å². The minimum atomic E-state index is -0.114. The molecule has 0 radical (unpaired) electrons. The van der Waals surface area contributed by atoms with E-state index in [0.29, 0.717) is 31.4 Å². The van der Waals surface area contributed by atoms with Gasteiger partial charge in [0.1, 0.15) is 0 Å². The first-order chi connectivity index (χ1) is 14.4. The zero-order chi connectivity index (χ0) is 21.6. The van der Waals surface area contributed by atoms with Gasteiger partial charge in [0.2, 0.25) is 0 Å². The number of rotatable bonds is 8. The van der Waals surface area contributed by atoms with E-state index < -0.39 is 0 Å². The molecule has 0 aliphatic carbocycles. The predicted octanol–water partition coefficient (Wildman–Crippen LogP) is 5.05. The van der Waals surface area contributed by atoms with Crippen molar-refractivity contribution < 1.29 is 9.53 Å². The van der Waals surface area contributed by atoms with Gasteiger partial charge in [-0.1, -0.05) is 42.8 Å². The van der Waals surface area contributed by atoms with E-state index in [-0.39, 0.29) is 11.3 Å². The fraction of sp³-hybridized carbons (Fsp3) is 0.480. The molecule has 2 aromatic carbocycles. The van der Waals surface area contributed by atoms with Crippen molar-refractivity contribution in [2.75, 3.05) is 26.3 Å². The van der Waals surface area contributed by atoms with Crippen LogP contribution in [-0.4, -0.2) is 43.2 Å². The molecule has 5 heteroatoms. The molecule has 0 spiro atoms. The van der Waals surface area contributed by atoms with Crippen LogP contribution in [0.15, 0.2) is 48.5 Å². The third kappa shape index (κ3) is 5.63. The zero-order valence-corrected chi connectivity index (χ0v) is 19.0. The maximum atomic E-state index is 12.8. The second-order valence-electron chi connectivity index (χ2n) is 8.44. The van der Waals surface area contributed by atoms with Crippen molar-refractivity contribution in [2.45, 2.75) is 51.6 Å². The molecule has 1 heterocycles.